The zero-order valence-electron chi connectivity index (χ0n) is 19.3. The Balaban J connectivity index is 1.55. The summed E-state index contributed by atoms with van der Waals surface area (Å²) in [5.74, 6) is 1.48. The fourth-order valence-corrected chi connectivity index (χ4v) is 4.55. The standard InChI is InChI=1S/C25H31N5O2/c1-16-22(10-11-29(4)25(16,2)3)30(5)24-9-8-21(27-28-24)20-7-6-17(13-23(20)32)18-12-19(31)15-26-14-18/h6-9,12-16,22,31-32H,10-11H2,1-5H3. The Hall–Kier alpha value is -3.19. The predicted octanol–water partition coefficient (Wildman–Crippen LogP) is 4.17. The summed E-state index contributed by atoms with van der Waals surface area (Å²) < 4.78 is 0. The zero-order chi connectivity index (χ0) is 23.0. The minimum Gasteiger partial charge on any atom is -0.507 e. The number of phenols is 1. The third-order valence-electron chi connectivity index (χ3n) is 7.28. The van der Waals surface area contributed by atoms with Gasteiger partial charge in [-0.1, -0.05) is 13.0 Å². The number of pyridine rings is 1. The largest absolute Gasteiger partial charge is 0.507 e. The minimum absolute atomic E-state index is 0.0824. The molecule has 168 valence electrons. The van der Waals surface area contributed by atoms with Crippen molar-refractivity contribution in [2.24, 2.45) is 5.92 Å². The number of nitrogens with zero attached hydrogens (tertiary/aromatic N) is 5. The van der Waals surface area contributed by atoms with Crippen molar-refractivity contribution in [1.82, 2.24) is 20.1 Å². The van der Waals surface area contributed by atoms with Crippen LogP contribution >= 0.6 is 0 Å². The highest BCUT2D eigenvalue weighted by atomic mass is 16.3. The number of phenolic OH excluding ortho intramolecular Hbond substituents is 1. The maximum absolute atomic E-state index is 10.6. The van der Waals surface area contributed by atoms with Crippen LogP contribution in [0.2, 0.25) is 0 Å². The van der Waals surface area contributed by atoms with Crippen LogP contribution in [0, 0.1) is 5.92 Å². The molecule has 2 N–H and O–H groups in total. The molecule has 4 rings (SSSR count). The molecule has 0 aliphatic carbocycles. The van der Waals surface area contributed by atoms with Gasteiger partial charge in [-0.3, -0.25) is 4.98 Å². The lowest BCUT2D eigenvalue weighted by molar-refractivity contribution is 0.0391. The molecule has 3 heterocycles. The normalized spacial score (nSPS) is 20.8. The zero-order valence-corrected chi connectivity index (χ0v) is 19.3. The molecular formula is C25H31N5O2. The van der Waals surface area contributed by atoms with E-state index in [1.165, 1.54) is 6.20 Å². The summed E-state index contributed by atoms with van der Waals surface area (Å²) in [5, 5.41) is 29.1. The SMILES string of the molecule is CC1C(N(C)c2ccc(-c3ccc(-c4cncc(O)c4)cc3O)nn2)CCN(C)C1(C)C. The Kier molecular flexibility index (Phi) is 5.77. The second-order valence-corrected chi connectivity index (χ2v) is 9.27. The first-order valence-corrected chi connectivity index (χ1v) is 10.9. The molecule has 1 fully saturated rings. The molecule has 0 spiro atoms. The highest BCUT2D eigenvalue weighted by molar-refractivity contribution is 5.74. The molecule has 1 aliphatic rings. The second-order valence-electron chi connectivity index (χ2n) is 9.27. The van der Waals surface area contributed by atoms with Gasteiger partial charge < -0.3 is 20.0 Å². The van der Waals surface area contributed by atoms with E-state index in [4.69, 9.17) is 0 Å². The highest BCUT2D eigenvalue weighted by Gasteiger charge is 2.41. The summed E-state index contributed by atoms with van der Waals surface area (Å²) in [6, 6.07) is 11.2. The van der Waals surface area contributed by atoms with Crippen molar-refractivity contribution in [3.63, 3.8) is 0 Å². The summed E-state index contributed by atoms with van der Waals surface area (Å²) in [5.41, 5.74) is 2.82. The van der Waals surface area contributed by atoms with Gasteiger partial charge in [-0.05, 0) is 69.1 Å². The first kappa shape index (κ1) is 22.0. The number of aromatic nitrogens is 3. The van der Waals surface area contributed by atoms with Crippen molar-refractivity contribution in [2.75, 3.05) is 25.5 Å². The first-order valence-electron chi connectivity index (χ1n) is 10.9. The summed E-state index contributed by atoms with van der Waals surface area (Å²) in [7, 11) is 4.28. The molecule has 7 nitrogen and oxygen atoms in total. The number of hydrogen-bond acceptors (Lipinski definition) is 7. The Morgan fingerprint density at radius 2 is 1.81 bits per heavy atom. The number of hydrogen-bond donors (Lipinski definition) is 2. The summed E-state index contributed by atoms with van der Waals surface area (Å²) in [4.78, 5) is 8.65. The average Bonchev–Trinajstić information content (AvgIpc) is 2.78. The van der Waals surface area contributed by atoms with Gasteiger partial charge in [0, 0.05) is 42.5 Å². The molecule has 1 aliphatic heterocycles. The van der Waals surface area contributed by atoms with E-state index in [-0.39, 0.29) is 17.0 Å². The molecule has 0 saturated carbocycles. The molecule has 2 aromatic heterocycles. The lowest BCUT2D eigenvalue weighted by Gasteiger charge is -2.51. The maximum Gasteiger partial charge on any atom is 0.151 e. The average molecular weight is 434 g/mol. The number of piperidine rings is 1. The number of aromatic hydroxyl groups is 2. The Morgan fingerprint density at radius 1 is 1.03 bits per heavy atom. The third-order valence-corrected chi connectivity index (χ3v) is 7.28. The molecule has 32 heavy (non-hydrogen) atoms. The highest BCUT2D eigenvalue weighted by Crippen LogP contribution is 2.36. The van der Waals surface area contributed by atoms with E-state index in [1.807, 2.05) is 24.3 Å². The van der Waals surface area contributed by atoms with Gasteiger partial charge in [0.15, 0.2) is 5.82 Å². The summed E-state index contributed by atoms with van der Waals surface area (Å²) in [6.45, 7) is 7.95. The van der Waals surface area contributed by atoms with Gasteiger partial charge in [0.05, 0.1) is 11.9 Å². The molecule has 3 aromatic rings. The van der Waals surface area contributed by atoms with Gasteiger partial charge in [-0.2, -0.15) is 0 Å². The summed E-state index contributed by atoms with van der Waals surface area (Å²) in [6.07, 6.45) is 4.09. The van der Waals surface area contributed by atoms with Crippen LogP contribution in [0.3, 0.4) is 0 Å². The quantitative estimate of drug-likeness (QED) is 0.639. The second kappa shape index (κ2) is 8.39. The minimum atomic E-state index is 0.0824. The molecule has 0 bridgehead atoms. The Morgan fingerprint density at radius 3 is 2.47 bits per heavy atom. The van der Waals surface area contributed by atoms with Crippen molar-refractivity contribution in [3.05, 3.63) is 48.8 Å². The molecular weight excluding hydrogens is 402 g/mol. The van der Waals surface area contributed by atoms with E-state index in [0.29, 0.717) is 23.2 Å². The van der Waals surface area contributed by atoms with E-state index in [2.05, 4.69) is 59.8 Å². The van der Waals surface area contributed by atoms with E-state index in [1.54, 1.807) is 18.3 Å². The molecule has 2 atom stereocenters. The van der Waals surface area contributed by atoms with Crippen molar-refractivity contribution >= 4 is 5.82 Å². The van der Waals surface area contributed by atoms with Crippen LogP contribution in [0.15, 0.2) is 48.8 Å². The van der Waals surface area contributed by atoms with Crippen molar-refractivity contribution in [3.8, 4) is 33.9 Å². The lowest BCUT2D eigenvalue weighted by atomic mass is 9.77. The van der Waals surface area contributed by atoms with Crippen molar-refractivity contribution in [1.29, 1.82) is 0 Å². The first-order chi connectivity index (χ1) is 15.2. The Labute approximate surface area is 189 Å². The topological polar surface area (TPSA) is 85.6 Å². The number of benzene rings is 1. The van der Waals surface area contributed by atoms with Crippen LogP contribution in [0.4, 0.5) is 5.82 Å². The van der Waals surface area contributed by atoms with Gasteiger partial charge in [0.25, 0.3) is 0 Å². The van der Waals surface area contributed by atoms with Gasteiger partial charge in [-0.25, -0.2) is 0 Å². The van der Waals surface area contributed by atoms with Gasteiger partial charge in [0.1, 0.15) is 11.5 Å². The molecule has 1 aromatic carbocycles. The van der Waals surface area contributed by atoms with Crippen molar-refractivity contribution < 1.29 is 10.2 Å². The molecule has 7 heteroatoms. The fourth-order valence-electron chi connectivity index (χ4n) is 4.55. The van der Waals surface area contributed by atoms with E-state index < -0.39 is 0 Å². The van der Waals surface area contributed by atoms with Crippen LogP contribution in [0.25, 0.3) is 22.4 Å². The van der Waals surface area contributed by atoms with E-state index >= 15 is 0 Å². The molecule has 0 amide bonds. The smallest absolute Gasteiger partial charge is 0.151 e. The van der Waals surface area contributed by atoms with Gasteiger partial charge in [0.2, 0.25) is 0 Å². The van der Waals surface area contributed by atoms with Crippen LogP contribution in [-0.2, 0) is 0 Å². The number of likely N-dealkylation sites (tertiary alicyclic amines) is 1. The van der Waals surface area contributed by atoms with Crippen LogP contribution < -0.4 is 4.90 Å². The van der Waals surface area contributed by atoms with Crippen LogP contribution in [-0.4, -0.2) is 62.5 Å². The maximum atomic E-state index is 10.6. The lowest BCUT2D eigenvalue weighted by Crippen LogP contribution is -2.59. The predicted molar refractivity (Wildman–Crippen MR) is 127 cm³/mol. The summed E-state index contributed by atoms with van der Waals surface area (Å²) >= 11 is 0. The molecule has 0 radical (unpaired) electrons. The Bertz CT molecular complexity index is 1100. The van der Waals surface area contributed by atoms with Crippen molar-refractivity contribution in [2.45, 2.75) is 38.8 Å². The van der Waals surface area contributed by atoms with Gasteiger partial charge >= 0.3 is 0 Å². The number of anilines is 1. The number of rotatable bonds is 4. The molecule has 1 saturated heterocycles. The van der Waals surface area contributed by atoms with E-state index in [0.717, 1.165) is 29.9 Å². The van der Waals surface area contributed by atoms with Crippen LogP contribution in [0.1, 0.15) is 27.2 Å². The fraction of sp³-hybridized carbons (Fsp3) is 0.400. The monoisotopic (exact) mass is 433 g/mol. The third kappa shape index (κ3) is 4.00. The van der Waals surface area contributed by atoms with Gasteiger partial charge in [-0.15, -0.1) is 10.2 Å². The van der Waals surface area contributed by atoms with E-state index in [9.17, 15) is 10.2 Å². The molecule has 2 unspecified atom stereocenters. The van der Waals surface area contributed by atoms with Crippen LogP contribution in [0.5, 0.6) is 11.5 Å².